The van der Waals surface area contributed by atoms with Gasteiger partial charge in [-0.15, -0.1) is 0 Å². The van der Waals surface area contributed by atoms with Crippen molar-refractivity contribution in [2.75, 3.05) is 7.11 Å². The summed E-state index contributed by atoms with van der Waals surface area (Å²) in [6.07, 6.45) is 0. The number of rotatable bonds is 5. The van der Waals surface area contributed by atoms with Crippen molar-refractivity contribution in [2.24, 2.45) is 0 Å². The van der Waals surface area contributed by atoms with Gasteiger partial charge in [-0.25, -0.2) is 8.78 Å². The number of benzene rings is 2. The Labute approximate surface area is 127 Å². The summed E-state index contributed by atoms with van der Waals surface area (Å²) < 4.78 is 31.6. The molecule has 5 heteroatoms. The van der Waals surface area contributed by atoms with E-state index in [4.69, 9.17) is 16.3 Å². The van der Waals surface area contributed by atoms with E-state index in [0.717, 1.165) is 11.1 Å². The van der Waals surface area contributed by atoms with Crippen molar-refractivity contribution in [2.45, 2.75) is 19.5 Å². The summed E-state index contributed by atoms with van der Waals surface area (Å²) in [6, 6.07) is 8.49. The first-order valence-corrected chi connectivity index (χ1v) is 6.90. The zero-order valence-electron chi connectivity index (χ0n) is 11.8. The molecule has 0 aliphatic heterocycles. The van der Waals surface area contributed by atoms with E-state index >= 15 is 0 Å². The van der Waals surface area contributed by atoms with Gasteiger partial charge in [0.15, 0.2) is 0 Å². The van der Waals surface area contributed by atoms with Crippen molar-refractivity contribution < 1.29 is 13.5 Å². The van der Waals surface area contributed by atoms with E-state index in [1.165, 1.54) is 24.3 Å². The maximum atomic E-state index is 13.4. The van der Waals surface area contributed by atoms with Crippen LogP contribution in [0.2, 0.25) is 5.02 Å². The topological polar surface area (TPSA) is 21.3 Å². The van der Waals surface area contributed by atoms with E-state index in [9.17, 15) is 8.78 Å². The van der Waals surface area contributed by atoms with Crippen LogP contribution in [0.5, 0.6) is 5.75 Å². The summed E-state index contributed by atoms with van der Waals surface area (Å²) in [5.41, 5.74) is 1.50. The molecule has 0 spiro atoms. The summed E-state index contributed by atoms with van der Waals surface area (Å²) >= 11 is 5.98. The highest BCUT2D eigenvalue weighted by atomic mass is 35.5. The van der Waals surface area contributed by atoms with E-state index in [-0.39, 0.29) is 17.7 Å². The molecular weight excluding hydrogens is 296 g/mol. The molecule has 2 aromatic rings. The average Bonchev–Trinajstić information content (AvgIpc) is 2.46. The summed E-state index contributed by atoms with van der Waals surface area (Å²) in [7, 11) is 1.54. The van der Waals surface area contributed by atoms with E-state index in [1.54, 1.807) is 19.2 Å². The van der Waals surface area contributed by atoms with Crippen LogP contribution < -0.4 is 10.1 Å². The Hall–Kier alpha value is -1.65. The third-order valence-corrected chi connectivity index (χ3v) is 3.62. The Kier molecular flexibility index (Phi) is 5.15. The highest BCUT2D eigenvalue weighted by Crippen LogP contribution is 2.26. The van der Waals surface area contributed by atoms with Crippen molar-refractivity contribution in [1.82, 2.24) is 5.32 Å². The predicted molar refractivity (Wildman–Crippen MR) is 79.6 cm³/mol. The summed E-state index contributed by atoms with van der Waals surface area (Å²) in [6.45, 7) is 2.34. The second-order valence-electron chi connectivity index (χ2n) is 4.72. The van der Waals surface area contributed by atoms with Gasteiger partial charge in [0.2, 0.25) is 0 Å². The van der Waals surface area contributed by atoms with Crippen LogP contribution in [-0.2, 0) is 6.54 Å². The molecule has 2 nitrogen and oxygen atoms in total. The molecule has 1 unspecified atom stereocenters. The molecule has 112 valence electrons. The molecule has 0 amide bonds. The van der Waals surface area contributed by atoms with Crippen LogP contribution >= 0.6 is 11.6 Å². The van der Waals surface area contributed by atoms with Crippen LogP contribution in [0.25, 0.3) is 0 Å². The summed E-state index contributed by atoms with van der Waals surface area (Å²) in [4.78, 5) is 0. The summed E-state index contributed by atoms with van der Waals surface area (Å²) in [5, 5.41) is 3.59. The van der Waals surface area contributed by atoms with Gasteiger partial charge in [0.25, 0.3) is 0 Å². The van der Waals surface area contributed by atoms with E-state index < -0.39 is 0 Å². The van der Waals surface area contributed by atoms with Crippen LogP contribution in [0.1, 0.15) is 24.1 Å². The molecule has 0 saturated carbocycles. The van der Waals surface area contributed by atoms with Crippen molar-refractivity contribution in [3.8, 4) is 5.75 Å². The standard InChI is InChI=1S/C16H16ClF2NO/c1-10(14-7-12(18)5-6-16(14)21-2)20-9-11-3-4-13(19)8-15(11)17/h3-8,10,20H,9H2,1-2H3. The van der Waals surface area contributed by atoms with Crippen LogP contribution in [0.4, 0.5) is 8.78 Å². The fourth-order valence-electron chi connectivity index (χ4n) is 2.08. The molecule has 21 heavy (non-hydrogen) atoms. The van der Waals surface area contributed by atoms with Crippen LogP contribution in [-0.4, -0.2) is 7.11 Å². The minimum absolute atomic E-state index is 0.142. The van der Waals surface area contributed by atoms with Gasteiger partial charge in [-0.1, -0.05) is 17.7 Å². The first kappa shape index (κ1) is 15.7. The third kappa shape index (κ3) is 3.93. The highest BCUT2D eigenvalue weighted by Gasteiger charge is 2.13. The molecule has 2 aromatic carbocycles. The smallest absolute Gasteiger partial charge is 0.124 e. The fraction of sp³-hybridized carbons (Fsp3) is 0.250. The molecule has 0 aromatic heterocycles. The lowest BCUT2D eigenvalue weighted by atomic mass is 10.1. The van der Waals surface area contributed by atoms with Crippen molar-refractivity contribution in [3.63, 3.8) is 0 Å². The Morgan fingerprint density at radius 1 is 1.14 bits per heavy atom. The number of methoxy groups -OCH3 is 1. The van der Waals surface area contributed by atoms with Crippen LogP contribution in [0, 0.1) is 11.6 Å². The van der Waals surface area contributed by atoms with E-state index in [0.29, 0.717) is 17.3 Å². The maximum Gasteiger partial charge on any atom is 0.124 e. The molecule has 0 fully saturated rings. The Balaban J connectivity index is 2.11. The molecule has 1 N–H and O–H groups in total. The molecule has 0 aliphatic rings. The van der Waals surface area contributed by atoms with E-state index in [2.05, 4.69) is 5.32 Å². The van der Waals surface area contributed by atoms with Gasteiger partial charge in [0.05, 0.1) is 7.11 Å². The average molecular weight is 312 g/mol. The summed E-state index contributed by atoms with van der Waals surface area (Å²) in [5.74, 6) is -0.0792. The molecular formula is C16H16ClF2NO. The fourth-order valence-corrected chi connectivity index (χ4v) is 2.32. The van der Waals surface area contributed by atoms with Crippen molar-refractivity contribution in [3.05, 3.63) is 64.2 Å². The Bertz CT molecular complexity index is 634. The highest BCUT2D eigenvalue weighted by molar-refractivity contribution is 6.31. The molecule has 0 saturated heterocycles. The lowest BCUT2D eigenvalue weighted by Crippen LogP contribution is -2.19. The SMILES string of the molecule is COc1ccc(F)cc1C(C)NCc1ccc(F)cc1Cl. The van der Waals surface area contributed by atoms with Gasteiger partial charge in [-0.3, -0.25) is 0 Å². The van der Waals surface area contributed by atoms with Crippen molar-refractivity contribution in [1.29, 1.82) is 0 Å². The first-order chi connectivity index (χ1) is 10.0. The minimum atomic E-state index is -0.372. The van der Waals surface area contributed by atoms with Gasteiger partial charge in [-0.05, 0) is 42.8 Å². The normalized spacial score (nSPS) is 12.2. The third-order valence-electron chi connectivity index (χ3n) is 3.27. The van der Waals surface area contributed by atoms with Gasteiger partial charge >= 0.3 is 0 Å². The van der Waals surface area contributed by atoms with Gasteiger partial charge < -0.3 is 10.1 Å². The monoisotopic (exact) mass is 311 g/mol. The lowest BCUT2D eigenvalue weighted by Gasteiger charge is -2.18. The largest absolute Gasteiger partial charge is 0.496 e. The molecule has 0 heterocycles. The molecule has 1 atom stereocenters. The Morgan fingerprint density at radius 3 is 2.48 bits per heavy atom. The molecule has 0 bridgehead atoms. The number of hydrogen-bond donors (Lipinski definition) is 1. The second kappa shape index (κ2) is 6.87. The molecule has 2 rings (SSSR count). The van der Waals surface area contributed by atoms with E-state index in [1.807, 2.05) is 6.92 Å². The minimum Gasteiger partial charge on any atom is -0.496 e. The Morgan fingerprint density at radius 2 is 1.81 bits per heavy atom. The first-order valence-electron chi connectivity index (χ1n) is 6.52. The quantitative estimate of drug-likeness (QED) is 0.879. The number of halogens is 3. The molecule has 0 aliphatic carbocycles. The van der Waals surface area contributed by atoms with Gasteiger partial charge in [-0.2, -0.15) is 0 Å². The number of ether oxygens (including phenoxy) is 1. The zero-order valence-corrected chi connectivity index (χ0v) is 12.5. The molecule has 0 radical (unpaired) electrons. The predicted octanol–water partition coefficient (Wildman–Crippen LogP) is 4.48. The van der Waals surface area contributed by atoms with Gasteiger partial charge in [0.1, 0.15) is 17.4 Å². The second-order valence-corrected chi connectivity index (χ2v) is 5.13. The lowest BCUT2D eigenvalue weighted by molar-refractivity contribution is 0.399. The zero-order chi connectivity index (χ0) is 15.4. The maximum absolute atomic E-state index is 13.4. The van der Waals surface area contributed by atoms with Crippen LogP contribution in [0.3, 0.4) is 0 Å². The van der Waals surface area contributed by atoms with Crippen LogP contribution in [0.15, 0.2) is 36.4 Å². The van der Waals surface area contributed by atoms with Gasteiger partial charge in [0, 0.05) is 23.2 Å². The number of nitrogens with one attached hydrogen (secondary N) is 1. The number of hydrogen-bond acceptors (Lipinski definition) is 2. The van der Waals surface area contributed by atoms with Crippen molar-refractivity contribution >= 4 is 11.6 Å².